The van der Waals surface area contributed by atoms with Crippen LogP contribution in [0.4, 0.5) is 5.69 Å². The molecular formula is C13H17BrN2O3. The smallest absolute Gasteiger partial charge is 0.313 e. The van der Waals surface area contributed by atoms with E-state index in [1.165, 1.54) is 0 Å². The van der Waals surface area contributed by atoms with Crippen LogP contribution in [-0.2, 0) is 9.59 Å². The van der Waals surface area contributed by atoms with Crippen LogP contribution in [0.25, 0.3) is 0 Å². The highest BCUT2D eigenvalue weighted by atomic mass is 79.9. The quantitative estimate of drug-likeness (QED) is 0.734. The average Bonchev–Trinajstić information content (AvgIpc) is 2.32. The van der Waals surface area contributed by atoms with Crippen molar-refractivity contribution in [1.82, 2.24) is 5.32 Å². The molecule has 2 amide bonds. The summed E-state index contributed by atoms with van der Waals surface area (Å²) in [6.45, 7) is 3.54. The van der Waals surface area contributed by atoms with Crippen molar-refractivity contribution in [3.63, 3.8) is 0 Å². The van der Waals surface area contributed by atoms with E-state index in [4.69, 9.17) is 5.11 Å². The zero-order chi connectivity index (χ0) is 14.4. The number of hydrogen-bond acceptors (Lipinski definition) is 3. The van der Waals surface area contributed by atoms with Crippen molar-refractivity contribution in [2.24, 2.45) is 0 Å². The molecule has 0 aliphatic carbocycles. The number of carbonyl (C=O) groups excluding carboxylic acids is 2. The second-order valence-corrected chi connectivity index (χ2v) is 5.22. The predicted molar refractivity (Wildman–Crippen MR) is 76.8 cm³/mol. The van der Waals surface area contributed by atoms with Crippen molar-refractivity contribution in [1.29, 1.82) is 0 Å². The van der Waals surface area contributed by atoms with Crippen LogP contribution in [0.5, 0.6) is 0 Å². The van der Waals surface area contributed by atoms with Crippen molar-refractivity contribution in [2.45, 2.75) is 26.3 Å². The summed E-state index contributed by atoms with van der Waals surface area (Å²) in [5.74, 6) is -1.42. The molecule has 0 saturated heterocycles. The number of hydrogen-bond donors (Lipinski definition) is 3. The number of rotatable bonds is 4. The van der Waals surface area contributed by atoms with E-state index in [0.29, 0.717) is 12.1 Å². The Morgan fingerprint density at radius 3 is 2.63 bits per heavy atom. The van der Waals surface area contributed by atoms with Crippen LogP contribution >= 0.6 is 15.9 Å². The van der Waals surface area contributed by atoms with E-state index < -0.39 is 11.8 Å². The van der Waals surface area contributed by atoms with Gasteiger partial charge in [0, 0.05) is 22.8 Å². The lowest BCUT2D eigenvalue weighted by Crippen LogP contribution is -2.40. The molecule has 1 aromatic rings. The van der Waals surface area contributed by atoms with Gasteiger partial charge in [-0.3, -0.25) is 9.59 Å². The lowest BCUT2D eigenvalue weighted by atomic mass is 10.2. The van der Waals surface area contributed by atoms with E-state index in [-0.39, 0.29) is 12.6 Å². The van der Waals surface area contributed by atoms with Crippen molar-refractivity contribution < 1.29 is 14.7 Å². The number of carbonyl (C=O) groups is 2. The lowest BCUT2D eigenvalue weighted by Gasteiger charge is -2.13. The molecule has 1 rings (SSSR count). The fourth-order valence-electron chi connectivity index (χ4n) is 1.50. The van der Waals surface area contributed by atoms with Gasteiger partial charge in [0.25, 0.3) is 0 Å². The zero-order valence-corrected chi connectivity index (χ0v) is 12.5. The van der Waals surface area contributed by atoms with Gasteiger partial charge in [-0.25, -0.2) is 0 Å². The van der Waals surface area contributed by atoms with Gasteiger partial charge in [-0.15, -0.1) is 0 Å². The number of aliphatic hydroxyl groups is 1. The normalized spacial score (nSPS) is 11.8. The first kappa shape index (κ1) is 15.7. The maximum Gasteiger partial charge on any atom is 0.313 e. The van der Waals surface area contributed by atoms with Gasteiger partial charge in [-0.2, -0.15) is 0 Å². The lowest BCUT2D eigenvalue weighted by molar-refractivity contribution is -0.136. The highest BCUT2D eigenvalue weighted by Gasteiger charge is 2.16. The third-order valence-corrected chi connectivity index (χ3v) is 3.08. The third kappa shape index (κ3) is 5.00. The van der Waals surface area contributed by atoms with E-state index in [1.54, 1.807) is 19.1 Å². The molecule has 1 atom stereocenters. The van der Waals surface area contributed by atoms with E-state index in [9.17, 15) is 9.59 Å². The molecule has 0 spiro atoms. The Hall–Kier alpha value is -1.40. The largest absolute Gasteiger partial charge is 0.396 e. The number of halogens is 1. The van der Waals surface area contributed by atoms with Gasteiger partial charge in [0.15, 0.2) is 0 Å². The van der Waals surface area contributed by atoms with Crippen LogP contribution in [0.3, 0.4) is 0 Å². The van der Waals surface area contributed by atoms with E-state index >= 15 is 0 Å². The van der Waals surface area contributed by atoms with Crippen LogP contribution in [0.1, 0.15) is 18.9 Å². The predicted octanol–water partition coefficient (Wildman–Crippen LogP) is 1.58. The molecule has 0 radical (unpaired) electrons. The van der Waals surface area contributed by atoms with Crippen molar-refractivity contribution in [3.8, 4) is 0 Å². The standard InChI is InChI=1S/C13H17BrN2O3/c1-8-7-10(14)3-4-11(8)16-13(19)12(18)15-9(2)5-6-17/h3-4,7,9,17H,5-6H2,1-2H3,(H,15,18)(H,16,19)/t9-/m1/s1. The van der Waals surface area contributed by atoms with Gasteiger partial charge in [0.05, 0.1) is 0 Å². The minimum absolute atomic E-state index is 0.0329. The minimum Gasteiger partial charge on any atom is -0.396 e. The van der Waals surface area contributed by atoms with Gasteiger partial charge in [-0.1, -0.05) is 15.9 Å². The first-order valence-electron chi connectivity index (χ1n) is 5.93. The van der Waals surface area contributed by atoms with Crippen molar-refractivity contribution in [2.75, 3.05) is 11.9 Å². The van der Waals surface area contributed by atoms with Crippen LogP contribution < -0.4 is 10.6 Å². The molecule has 104 valence electrons. The highest BCUT2D eigenvalue weighted by Crippen LogP contribution is 2.19. The molecule has 6 heteroatoms. The van der Waals surface area contributed by atoms with Crippen LogP contribution in [0.2, 0.25) is 0 Å². The Labute approximate surface area is 120 Å². The molecule has 0 bridgehead atoms. The number of benzene rings is 1. The molecule has 0 saturated carbocycles. The van der Waals surface area contributed by atoms with E-state index in [0.717, 1.165) is 10.0 Å². The third-order valence-electron chi connectivity index (χ3n) is 2.58. The van der Waals surface area contributed by atoms with Crippen LogP contribution in [-0.4, -0.2) is 29.6 Å². The van der Waals surface area contributed by atoms with E-state index in [1.807, 2.05) is 13.0 Å². The molecule has 19 heavy (non-hydrogen) atoms. The number of aryl methyl sites for hydroxylation is 1. The second-order valence-electron chi connectivity index (χ2n) is 4.30. The monoisotopic (exact) mass is 328 g/mol. The number of anilines is 1. The molecule has 3 N–H and O–H groups in total. The summed E-state index contributed by atoms with van der Waals surface area (Å²) in [6, 6.07) is 5.12. The number of aliphatic hydroxyl groups excluding tert-OH is 1. The first-order valence-corrected chi connectivity index (χ1v) is 6.72. The average molecular weight is 329 g/mol. The fraction of sp³-hybridized carbons (Fsp3) is 0.385. The molecule has 0 unspecified atom stereocenters. The molecule has 0 aliphatic heterocycles. The van der Waals surface area contributed by atoms with Gasteiger partial charge < -0.3 is 15.7 Å². The Kier molecular flexibility index (Phi) is 5.98. The molecule has 0 fully saturated rings. The Morgan fingerprint density at radius 1 is 1.37 bits per heavy atom. The SMILES string of the molecule is Cc1cc(Br)ccc1NC(=O)C(=O)N[C@H](C)CCO. The van der Waals surface area contributed by atoms with Crippen LogP contribution in [0.15, 0.2) is 22.7 Å². The molecule has 5 nitrogen and oxygen atoms in total. The molecule has 0 aromatic heterocycles. The van der Waals surface area contributed by atoms with Crippen molar-refractivity contribution in [3.05, 3.63) is 28.2 Å². The van der Waals surface area contributed by atoms with Gasteiger partial charge in [0.1, 0.15) is 0 Å². The zero-order valence-electron chi connectivity index (χ0n) is 10.9. The Morgan fingerprint density at radius 2 is 2.05 bits per heavy atom. The summed E-state index contributed by atoms with van der Waals surface area (Å²) >= 11 is 3.33. The molecule has 1 aromatic carbocycles. The summed E-state index contributed by atoms with van der Waals surface area (Å²) in [7, 11) is 0. The fourth-order valence-corrected chi connectivity index (χ4v) is 1.98. The van der Waals surface area contributed by atoms with Gasteiger partial charge >= 0.3 is 11.8 Å². The van der Waals surface area contributed by atoms with Gasteiger partial charge in [-0.05, 0) is 44.0 Å². The van der Waals surface area contributed by atoms with Gasteiger partial charge in [0.2, 0.25) is 0 Å². The summed E-state index contributed by atoms with van der Waals surface area (Å²) in [5, 5.41) is 13.8. The summed E-state index contributed by atoms with van der Waals surface area (Å²) < 4.78 is 0.906. The Bertz CT molecular complexity index is 477. The topological polar surface area (TPSA) is 78.4 Å². The Balaban J connectivity index is 2.61. The van der Waals surface area contributed by atoms with Crippen molar-refractivity contribution >= 4 is 33.4 Å². The number of nitrogens with one attached hydrogen (secondary N) is 2. The maximum absolute atomic E-state index is 11.7. The molecule has 0 aliphatic rings. The van der Waals surface area contributed by atoms with E-state index in [2.05, 4.69) is 26.6 Å². The maximum atomic E-state index is 11.7. The summed E-state index contributed by atoms with van der Waals surface area (Å²) in [4.78, 5) is 23.3. The summed E-state index contributed by atoms with van der Waals surface area (Å²) in [5.41, 5.74) is 1.46. The number of amides is 2. The molecule has 0 heterocycles. The minimum atomic E-state index is -0.713. The second kappa shape index (κ2) is 7.25. The first-order chi connectivity index (χ1) is 8.93. The highest BCUT2D eigenvalue weighted by molar-refractivity contribution is 9.10. The van der Waals surface area contributed by atoms with Crippen LogP contribution in [0, 0.1) is 6.92 Å². The molecular weight excluding hydrogens is 312 g/mol. The summed E-state index contributed by atoms with van der Waals surface area (Å²) in [6.07, 6.45) is 0.413.